The lowest BCUT2D eigenvalue weighted by atomic mass is 9.12. The van der Waals surface area contributed by atoms with Gasteiger partial charge in [0, 0.05) is 17.7 Å². The van der Waals surface area contributed by atoms with Gasteiger partial charge in [0.2, 0.25) is 12.3 Å². The van der Waals surface area contributed by atoms with Crippen LogP contribution in [-0.4, -0.2) is 11.9 Å². The molecule has 0 unspecified atom stereocenters. The number of hydrogen-bond acceptors (Lipinski definition) is 1. The van der Waals surface area contributed by atoms with Gasteiger partial charge in [0.05, 0.1) is 0 Å². The first-order chi connectivity index (χ1) is 34.0. The summed E-state index contributed by atoms with van der Waals surface area (Å²) in [7, 11) is 0. The average molecular weight is 1030 g/mol. The highest BCUT2D eigenvalue weighted by molar-refractivity contribution is 7.20. The molecule has 0 saturated carbocycles. The third-order valence-corrected chi connectivity index (χ3v) is 11.8. The Labute approximate surface area is 388 Å². The Kier molecular flexibility index (Phi) is 13.1. The van der Waals surface area contributed by atoms with Crippen molar-refractivity contribution in [2.75, 3.05) is 0 Å². The van der Waals surface area contributed by atoms with Crippen LogP contribution in [0.25, 0.3) is 32.3 Å². The van der Waals surface area contributed by atoms with E-state index in [1.54, 1.807) is 0 Å². The van der Waals surface area contributed by atoms with Crippen LogP contribution in [-0.2, 0) is 6.54 Å². The van der Waals surface area contributed by atoms with Gasteiger partial charge in [-0.15, -0.1) is 21.9 Å². The van der Waals surface area contributed by atoms with E-state index in [0.717, 1.165) is 32.5 Å². The molecule has 0 aliphatic rings. The van der Waals surface area contributed by atoms with Gasteiger partial charge in [-0.3, -0.25) is 4.79 Å². The molecule has 0 spiro atoms. The van der Waals surface area contributed by atoms with Crippen molar-refractivity contribution in [3.05, 3.63) is 219 Å². The SMILES string of the molecule is Fc1c(F)c(F)c([B-](c2c(F)c(F)c(F)c(F)c2F)(c2c(F)c(F)c(F)c(F)c2F)c2c(F)c(F)c(F)c(F)c2F)c(F)c1F.O=C(C[n+]1ccccc1)c1c2ccccc2cc2cc3ccccc3cc12. The summed E-state index contributed by atoms with van der Waals surface area (Å²) < 4.78 is 296. The Morgan fingerprint density at radius 1 is 0.319 bits per heavy atom. The molecule has 8 aromatic carbocycles. The van der Waals surface area contributed by atoms with E-state index in [4.69, 9.17) is 0 Å². The van der Waals surface area contributed by atoms with Gasteiger partial charge >= 0.3 is 0 Å². The van der Waals surface area contributed by atoms with E-state index >= 15 is 35.1 Å². The van der Waals surface area contributed by atoms with Gasteiger partial charge in [-0.1, -0.05) is 54.6 Å². The van der Waals surface area contributed by atoms with Crippen molar-refractivity contribution in [3.63, 3.8) is 0 Å². The summed E-state index contributed by atoms with van der Waals surface area (Å²) in [5.41, 5.74) is -13.5. The summed E-state index contributed by atoms with van der Waals surface area (Å²) in [6, 6.07) is 28.8. The van der Waals surface area contributed by atoms with Crippen LogP contribution in [0.15, 0.2) is 97.3 Å². The fourth-order valence-corrected chi connectivity index (χ4v) is 8.72. The predicted molar refractivity (Wildman–Crippen MR) is 219 cm³/mol. The Bertz CT molecular complexity index is 3370. The van der Waals surface area contributed by atoms with Crippen LogP contribution in [0.4, 0.5) is 87.8 Å². The van der Waals surface area contributed by atoms with Gasteiger partial charge < -0.3 is 0 Å². The van der Waals surface area contributed by atoms with E-state index in [-0.39, 0.29) is 5.78 Å². The van der Waals surface area contributed by atoms with Crippen LogP contribution in [0.1, 0.15) is 10.4 Å². The van der Waals surface area contributed by atoms with E-state index in [2.05, 4.69) is 36.4 Å². The second-order valence-electron chi connectivity index (χ2n) is 15.7. The third-order valence-electron chi connectivity index (χ3n) is 11.8. The van der Waals surface area contributed by atoms with Crippen molar-refractivity contribution in [2.24, 2.45) is 0 Å². The summed E-state index contributed by atoms with van der Waals surface area (Å²) in [6.45, 7) is 0.330. The summed E-state index contributed by atoms with van der Waals surface area (Å²) in [6.07, 6.45) is -3.35. The summed E-state index contributed by atoms with van der Waals surface area (Å²) >= 11 is 0. The summed E-state index contributed by atoms with van der Waals surface area (Å²) in [4.78, 5) is 13.4. The van der Waals surface area contributed by atoms with E-state index in [1.807, 2.05) is 65.5 Å². The van der Waals surface area contributed by atoms with Crippen molar-refractivity contribution < 1.29 is 97.2 Å². The molecular formula is C49H18BF20NO. The minimum absolute atomic E-state index is 0.128. The highest BCUT2D eigenvalue weighted by Crippen LogP contribution is 2.34. The second kappa shape index (κ2) is 18.6. The first kappa shape index (κ1) is 50.4. The van der Waals surface area contributed by atoms with Crippen LogP contribution >= 0.6 is 0 Å². The van der Waals surface area contributed by atoms with Gasteiger partial charge in [0.1, 0.15) is 52.7 Å². The maximum absolute atomic E-state index is 15.4. The molecular weight excluding hydrogens is 1010 g/mol. The van der Waals surface area contributed by atoms with E-state index in [9.17, 15) is 57.5 Å². The fourth-order valence-electron chi connectivity index (χ4n) is 8.72. The minimum atomic E-state index is -7.22. The van der Waals surface area contributed by atoms with Gasteiger partial charge in [0.15, 0.2) is 82.2 Å². The monoisotopic (exact) mass is 1030 g/mol. The molecule has 23 heteroatoms. The zero-order valence-electron chi connectivity index (χ0n) is 34.9. The topological polar surface area (TPSA) is 20.9 Å². The zero-order chi connectivity index (χ0) is 52.6. The highest BCUT2D eigenvalue weighted by atomic mass is 19.2. The molecule has 9 rings (SSSR count). The van der Waals surface area contributed by atoms with Gasteiger partial charge in [-0.05, 0) is 50.5 Å². The molecule has 2 nitrogen and oxygen atoms in total. The number of benzene rings is 8. The van der Waals surface area contributed by atoms with Gasteiger partial charge in [-0.2, -0.15) is 4.57 Å². The van der Waals surface area contributed by atoms with Crippen molar-refractivity contribution >= 4 is 66.1 Å². The second-order valence-corrected chi connectivity index (χ2v) is 15.7. The fraction of sp³-hybridized carbons (Fsp3) is 0.0204. The molecule has 1 heterocycles. The standard InChI is InChI=1S/C25H18NO.C24BF20/c27-24(17-26-12-6-1-7-13-26)25-22-11-5-4-10-20(22)15-21-14-18-8-2-3-9-19(18)16-23(21)25;26-5-1(6(27)14(35)21(42)13(5)34)25(2-7(28)15(36)22(43)16(37)8(2)29,3-9(30)17(38)23(44)18(39)10(3)31)4-11(32)19(40)24(45)20(41)12(4)33/h1-16H,17H2;/q+1;-1. The maximum Gasteiger partial charge on any atom is 0.228 e. The van der Waals surface area contributed by atoms with Crippen LogP contribution in [0.3, 0.4) is 0 Å². The molecule has 0 saturated heterocycles. The number of ketones is 1. The zero-order valence-corrected chi connectivity index (χ0v) is 34.9. The van der Waals surface area contributed by atoms with Crippen molar-refractivity contribution in [2.45, 2.75) is 6.54 Å². The number of carbonyl (C=O) groups is 1. The van der Waals surface area contributed by atoms with E-state index in [0.29, 0.717) is 6.54 Å². The lowest BCUT2D eigenvalue weighted by Gasteiger charge is -2.44. The lowest BCUT2D eigenvalue weighted by Crippen LogP contribution is -2.81. The smallest absolute Gasteiger partial charge is 0.228 e. The lowest BCUT2D eigenvalue weighted by molar-refractivity contribution is -0.683. The molecule has 0 aliphatic heterocycles. The highest BCUT2D eigenvalue weighted by Gasteiger charge is 2.52. The summed E-state index contributed by atoms with van der Waals surface area (Å²) in [5, 5.41) is 6.59. The molecule has 0 amide bonds. The quantitative estimate of drug-likeness (QED) is 0.0296. The normalized spacial score (nSPS) is 11.7. The molecule has 0 radical (unpaired) electrons. The molecule has 0 fully saturated rings. The number of carbonyl (C=O) groups excluding carboxylic acids is 1. The molecule has 0 N–H and O–H groups in total. The van der Waals surface area contributed by atoms with E-state index < -0.39 is 144 Å². The first-order valence-corrected chi connectivity index (χ1v) is 20.0. The number of halogens is 20. The third kappa shape index (κ3) is 7.63. The van der Waals surface area contributed by atoms with Gasteiger partial charge in [0.25, 0.3) is 0 Å². The molecule has 72 heavy (non-hydrogen) atoms. The van der Waals surface area contributed by atoms with Crippen molar-refractivity contribution in [1.29, 1.82) is 0 Å². The van der Waals surface area contributed by atoms with Crippen LogP contribution in [0.2, 0.25) is 0 Å². The number of Topliss-reactive ketones (excluding diaryl/α,β-unsaturated/α-hetero) is 1. The summed E-state index contributed by atoms with van der Waals surface area (Å²) in [5.74, 6) is -71.3. The van der Waals surface area contributed by atoms with Gasteiger partial charge in [-0.25, -0.2) is 87.8 Å². The Balaban J connectivity index is 0.000000217. The Hall–Kier alpha value is -7.98. The molecule has 1 aromatic heterocycles. The maximum atomic E-state index is 15.4. The molecule has 0 bridgehead atoms. The molecule has 9 aromatic rings. The van der Waals surface area contributed by atoms with E-state index in [1.165, 1.54) is 5.39 Å². The average Bonchev–Trinajstić information content (AvgIpc) is 3.37. The molecule has 368 valence electrons. The number of rotatable bonds is 7. The number of nitrogens with zero attached hydrogens (tertiary/aromatic N) is 1. The Morgan fingerprint density at radius 3 is 0.972 bits per heavy atom. The molecule has 0 atom stereocenters. The number of hydrogen-bond donors (Lipinski definition) is 0. The number of fused-ring (bicyclic) bond motifs is 3. The van der Waals surface area contributed by atoms with Crippen LogP contribution < -0.4 is 26.4 Å². The van der Waals surface area contributed by atoms with Crippen LogP contribution in [0.5, 0.6) is 0 Å². The van der Waals surface area contributed by atoms with Crippen molar-refractivity contribution in [3.8, 4) is 0 Å². The minimum Gasteiger partial charge on any atom is -0.287 e. The number of aromatic nitrogens is 1. The molecule has 0 aliphatic carbocycles. The van der Waals surface area contributed by atoms with Crippen molar-refractivity contribution in [1.82, 2.24) is 0 Å². The largest absolute Gasteiger partial charge is 0.287 e. The first-order valence-electron chi connectivity index (χ1n) is 20.0. The predicted octanol–water partition coefficient (Wildman–Crippen LogP) is 11.2. The number of pyridine rings is 1. The van der Waals surface area contributed by atoms with Crippen LogP contribution in [0, 0.1) is 116 Å². The Morgan fingerprint density at radius 2 is 0.611 bits per heavy atom.